The average molecular weight is 569 g/mol. The smallest absolute Gasteiger partial charge is 0.272 e. The minimum absolute atomic E-state index is 0.0599. The number of nitrogens with one attached hydrogen (secondary N) is 1. The Hall–Kier alpha value is -2.27. The maximum atomic E-state index is 14.0. The van der Waals surface area contributed by atoms with Crippen molar-refractivity contribution in [2.75, 3.05) is 0 Å². The molecular weight excluding hydrogens is 537 g/mol. The summed E-state index contributed by atoms with van der Waals surface area (Å²) in [5, 5.41) is 10.2. The second-order valence-electron chi connectivity index (χ2n) is 12.1. The molecule has 3 aliphatic rings. The van der Waals surface area contributed by atoms with Gasteiger partial charge in [-0.15, -0.1) is 0 Å². The van der Waals surface area contributed by atoms with Crippen molar-refractivity contribution in [3.8, 4) is 5.69 Å². The molecule has 0 aliphatic heterocycles. The lowest BCUT2D eigenvalue weighted by atomic mass is 9.68. The first kappa shape index (κ1) is 26.0. The second-order valence-corrected chi connectivity index (χ2v) is 13.4. The van der Waals surface area contributed by atoms with Crippen LogP contribution < -0.4 is 5.32 Å². The highest BCUT2D eigenvalue weighted by atomic mass is 35.5. The van der Waals surface area contributed by atoms with Gasteiger partial charge in [-0.1, -0.05) is 67.7 Å². The number of carbonyl (C=O) groups is 1. The minimum atomic E-state index is -0.0929. The molecule has 1 aromatic heterocycles. The van der Waals surface area contributed by atoms with Gasteiger partial charge >= 0.3 is 0 Å². The van der Waals surface area contributed by atoms with E-state index in [4.69, 9.17) is 39.9 Å². The summed E-state index contributed by atoms with van der Waals surface area (Å²) in [5.74, 6) is 0.552. The minimum Gasteiger partial charge on any atom is -0.347 e. The summed E-state index contributed by atoms with van der Waals surface area (Å²) >= 11 is 19.0. The normalized spacial score (nSPS) is 26.5. The van der Waals surface area contributed by atoms with Crippen molar-refractivity contribution in [3.63, 3.8) is 0 Å². The van der Waals surface area contributed by atoms with Crippen LogP contribution in [0.4, 0.5) is 0 Å². The van der Waals surface area contributed by atoms with Crippen LogP contribution in [0.1, 0.15) is 80.2 Å². The molecule has 198 valence electrons. The monoisotopic (exact) mass is 567 g/mol. The third-order valence-corrected chi connectivity index (χ3v) is 10.1. The fourth-order valence-corrected chi connectivity index (χ4v) is 7.98. The first-order chi connectivity index (χ1) is 18.1. The molecule has 3 aromatic rings. The van der Waals surface area contributed by atoms with Crippen LogP contribution in [0.25, 0.3) is 17.3 Å². The third-order valence-electron chi connectivity index (χ3n) is 9.27. The molecule has 1 amide bonds. The van der Waals surface area contributed by atoms with E-state index in [1.165, 1.54) is 12.8 Å². The van der Waals surface area contributed by atoms with Crippen molar-refractivity contribution in [2.45, 2.75) is 65.3 Å². The first-order valence-electron chi connectivity index (χ1n) is 13.4. The molecule has 0 saturated heterocycles. The molecule has 4 nitrogen and oxygen atoms in total. The van der Waals surface area contributed by atoms with Crippen LogP contribution in [-0.2, 0) is 6.42 Å². The number of fused-ring (bicyclic) bond motifs is 3. The van der Waals surface area contributed by atoms with Gasteiger partial charge in [-0.2, -0.15) is 5.10 Å². The molecule has 2 bridgehead atoms. The van der Waals surface area contributed by atoms with E-state index in [9.17, 15) is 4.79 Å². The van der Waals surface area contributed by atoms with Gasteiger partial charge in [0.15, 0.2) is 5.69 Å². The summed E-state index contributed by atoms with van der Waals surface area (Å²) in [7, 11) is 0. The molecule has 0 radical (unpaired) electrons. The maximum absolute atomic E-state index is 14.0. The summed E-state index contributed by atoms with van der Waals surface area (Å²) in [5.41, 5.74) is 5.49. The van der Waals surface area contributed by atoms with Crippen molar-refractivity contribution < 1.29 is 4.79 Å². The van der Waals surface area contributed by atoms with Gasteiger partial charge in [-0.25, -0.2) is 4.68 Å². The van der Waals surface area contributed by atoms with Gasteiger partial charge in [-0.05, 0) is 103 Å². The predicted octanol–water partition coefficient (Wildman–Crippen LogP) is 8.65. The first-order valence-corrected chi connectivity index (χ1v) is 14.5. The molecular formula is C31H32Cl3N3O. The molecule has 2 aromatic carbocycles. The summed E-state index contributed by atoms with van der Waals surface area (Å²) in [4.78, 5) is 14.0. The summed E-state index contributed by atoms with van der Waals surface area (Å²) < 4.78 is 1.84. The molecule has 3 atom stereocenters. The molecule has 1 heterocycles. The van der Waals surface area contributed by atoms with Crippen LogP contribution >= 0.6 is 34.8 Å². The van der Waals surface area contributed by atoms with E-state index in [1.807, 2.05) is 35.0 Å². The van der Waals surface area contributed by atoms with Crippen LogP contribution in [0.3, 0.4) is 0 Å². The average Bonchev–Trinajstić information content (AvgIpc) is 3.51. The zero-order valence-corrected chi connectivity index (χ0v) is 24.2. The molecule has 3 aliphatic carbocycles. The number of allylic oxidation sites excluding steroid dienone is 1. The number of nitrogens with zero attached hydrogens (tertiary/aromatic N) is 2. The van der Waals surface area contributed by atoms with Crippen molar-refractivity contribution in [1.82, 2.24) is 15.1 Å². The van der Waals surface area contributed by atoms with Crippen molar-refractivity contribution in [2.24, 2.45) is 16.7 Å². The fraction of sp³-hybridized carbons (Fsp3) is 0.419. The molecule has 2 fully saturated rings. The highest BCUT2D eigenvalue weighted by molar-refractivity contribution is 6.35. The third kappa shape index (κ3) is 4.29. The largest absolute Gasteiger partial charge is 0.347 e. The van der Waals surface area contributed by atoms with Gasteiger partial charge in [0.05, 0.1) is 16.4 Å². The van der Waals surface area contributed by atoms with Gasteiger partial charge in [0, 0.05) is 21.7 Å². The Morgan fingerprint density at radius 1 is 1.05 bits per heavy atom. The predicted molar refractivity (Wildman–Crippen MR) is 156 cm³/mol. The van der Waals surface area contributed by atoms with E-state index in [2.05, 4.69) is 32.2 Å². The van der Waals surface area contributed by atoms with E-state index in [1.54, 1.807) is 12.1 Å². The van der Waals surface area contributed by atoms with Gasteiger partial charge < -0.3 is 5.32 Å². The zero-order valence-electron chi connectivity index (χ0n) is 22.0. The van der Waals surface area contributed by atoms with Crippen LogP contribution in [-0.4, -0.2) is 21.7 Å². The van der Waals surface area contributed by atoms with Crippen molar-refractivity contribution in [1.29, 1.82) is 0 Å². The van der Waals surface area contributed by atoms with Gasteiger partial charge in [-0.3, -0.25) is 4.79 Å². The Balaban J connectivity index is 1.46. The van der Waals surface area contributed by atoms with Crippen LogP contribution in [0.5, 0.6) is 0 Å². The highest BCUT2D eigenvalue weighted by Gasteiger charge is 2.59. The molecule has 6 rings (SSSR count). The topological polar surface area (TPSA) is 46.9 Å². The van der Waals surface area contributed by atoms with Crippen molar-refractivity contribution >= 4 is 52.4 Å². The quantitative estimate of drug-likeness (QED) is 0.342. The maximum Gasteiger partial charge on any atom is 0.272 e. The molecule has 2 saturated carbocycles. The molecule has 38 heavy (non-hydrogen) atoms. The lowest BCUT2D eigenvalue weighted by Crippen LogP contribution is -2.52. The van der Waals surface area contributed by atoms with E-state index >= 15 is 0 Å². The van der Waals surface area contributed by atoms with Gasteiger partial charge in [0.1, 0.15) is 0 Å². The molecule has 7 heteroatoms. The number of rotatable bonds is 4. The van der Waals surface area contributed by atoms with Crippen LogP contribution in [0.2, 0.25) is 15.1 Å². The standard InChI is InChI=1S/C31H32Cl3N3O/c1-30(2)20-13-14-31(3,17-20)29(30)35-28(38)26-23-6-4-5-19(15-18-7-9-21(32)10-8-18)27(23)37(36-26)25-12-11-22(33)16-24(25)34/h7-12,15-16,20,29H,4-6,13-14,17H2,1-3H3,(H,35,38)/t20-,29+,31+/m1/s1. The second kappa shape index (κ2) is 9.43. The Morgan fingerprint density at radius 3 is 2.47 bits per heavy atom. The van der Waals surface area contributed by atoms with E-state index in [0.717, 1.165) is 48.1 Å². The lowest BCUT2D eigenvalue weighted by Gasteiger charge is -2.43. The SMILES string of the molecule is CC1(C)[C@@H]2CC[C@@](C)(C2)[C@H]1NC(=O)c1nn(-c2ccc(Cl)cc2Cl)c2c1CCCC2=Cc1ccc(Cl)cc1. The molecule has 0 unspecified atom stereocenters. The Labute approximate surface area is 239 Å². The highest BCUT2D eigenvalue weighted by Crippen LogP contribution is 2.62. The zero-order chi connectivity index (χ0) is 26.8. The number of benzene rings is 2. The van der Waals surface area contributed by atoms with E-state index in [-0.39, 0.29) is 22.8 Å². The lowest BCUT2D eigenvalue weighted by molar-refractivity contribution is 0.0732. The molecule has 0 spiro atoms. The Kier molecular flexibility index (Phi) is 6.45. The number of hydrogen-bond donors (Lipinski definition) is 1. The van der Waals surface area contributed by atoms with Gasteiger partial charge in [0.25, 0.3) is 5.91 Å². The van der Waals surface area contributed by atoms with Gasteiger partial charge in [0.2, 0.25) is 0 Å². The van der Waals surface area contributed by atoms with Crippen LogP contribution in [0.15, 0.2) is 42.5 Å². The summed E-state index contributed by atoms with van der Waals surface area (Å²) in [6.45, 7) is 6.95. The Morgan fingerprint density at radius 2 is 1.79 bits per heavy atom. The summed E-state index contributed by atoms with van der Waals surface area (Å²) in [6, 6.07) is 13.3. The van der Waals surface area contributed by atoms with E-state index in [0.29, 0.717) is 32.4 Å². The van der Waals surface area contributed by atoms with Crippen LogP contribution in [0, 0.1) is 16.7 Å². The number of hydrogen-bond acceptors (Lipinski definition) is 2. The molecule has 1 N–H and O–H groups in total. The number of carbonyl (C=O) groups excluding carboxylic acids is 1. The Bertz CT molecular complexity index is 1450. The number of amides is 1. The summed E-state index contributed by atoms with van der Waals surface area (Å²) in [6.07, 6.45) is 8.35. The fourth-order valence-electron chi connectivity index (χ4n) is 7.36. The number of aromatic nitrogens is 2. The van der Waals surface area contributed by atoms with Crippen molar-refractivity contribution in [3.05, 3.63) is 80.0 Å². The van der Waals surface area contributed by atoms with E-state index < -0.39 is 0 Å². The number of halogens is 3.